The first kappa shape index (κ1) is 24.2. The van der Waals surface area contributed by atoms with Crippen LogP contribution in [0.4, 0.5) is 36.8 Å². The number of hydrogen-bond acceptors (Lipinski definition) is 3. The number of benzene rings is 2. The lowest BCUT2D eigenvalue weighted by Crippen LogP contribution is -2.52. The number of nitrogens with one attached hydrogen (secondary N) is 1. The number of rotatable bonds is 4. The number of carbonyl (C=O) groups is 2. The minimum absolute atomic E-state index is 0.0194. The van der Waals surface area contributed by atoms with Crippen LogP contribution in [0, 0.1) is 0 Å². The van der Waals surface area contributed by atoms with Gasteiger partial charge < -0.3 is 19.9 Å². The number of anilines is 1. The molecule has 33 heavy (non-hydrogen) atoms. The van der Waals surface area contributed by atoms with Crippen LogP contribution in [0.3, 0.4) is 0 Å². The smallest absolute Gasteiger partial charge is 0.416 e. The molecule has 0 radical (unpaired) electrons. The molecule has 1 aliphatic heterocycles. The molecule has 0 spiro atoms. The van der Waals surface area contributed by atoms with Gasteiger partial charge in [0.05, 0.1) is 11.1 Å². The Morgan fingerprint density at radius 2 is 1.33 bits per heavy atom. The zero-order valence-electron chi connectivity index (χ0n) is 17.0. The van der Waals surface area contributed by atoms with E-state index in [1.807, 2.05) is 0 Å². The fourth-order valence-corrected chi connectivity index (χ4v) is 3.13. The highest BCUT2D eigenvalue weighted by atomic mass is 19.4. The van der Waals surface area contributed by atoms with Gasteiger partial charge in [-0.3, -0.25) is 4.79 Å². The summed E-state index contributed by atoms with van der Waals surface area (Å²) in [5.41, 5.74) is -2.45. The average molecular weight is 475 g/mol. The van der Waals surface area contributed by atoms with E-state index >= 15 is 0 Å². The van der Waals surface area contributed by atoms with Gasteiger partial charge in [-0.1, -0.05) is 18.2 Å². The van der Waals surface area contributed by atoms with Crippen LogP contribution in [0.15, 0.2) is 48.5 Å². The Morgan fingerprint density at radius 3 is 1.85 bits per heavy atom. The number of nitrogens with zero attached hydrogens (tertiary/aromatic N) is 2. The van der Waals surface area contributed by atoms with Crippen molar-refractivity contribution in [2.45, 2.75) is 12.4 Å². The fourth-order valence-electron chi connectivity index (χ4n) is 3.13. The van der Waals surface area contributed by atoms with Crippen molar-refractivity contribution < 1.29 is 40.7 Å². The molecule has 1 fully saturated rings. The summed E-state index contributed by atoms with van der Waals surface area (Å²) in [4.78, 5) is 27.4. The van der Waals surface area contributed by atoms with Crippen molar-refractivity contribution in [2.75, 3.05) is 38.1 Å². The van der Waals surface area contributed by atoms with Crippen molar-refractivity contribution in [1.29, 1.82) is 0 Å². The number of piperazine rings is 1. The number of para-hydroxylation sites is 1. The highest BCUT2D eigenvalue weighted by molar-refractivity contribution is 5.89. The van der Waals surface area contributed by atoms with Gasteiger partial charge in [-0.15, -0.1) is 0 Å². The molecular weight excluding hydrogens is 456 g/mol. The Morgan fingerprint density at radius 1 is 0.818 bits per heavy atom. The monoisotopic (exact) mass is 475 g/mol. The van der Waals surface area contributed by atoms with Gasteiger partial charge in [-0.05, 0) is 30.3 Å². The summed E-state index contributed by atoms with van der Waals surface area (Å²) < 4.78 is 82.5. The summed E-state index contributed by atoms with van der Waals surface area (Å²) in [5, 5.41) is 2.71. The minimum Gasteiger partial charge on any atom is -0.484 e. The number of amides is 3. The van der Waals surface area contributed by atoms with Crippen LogP contribution in [-0.2, 0) is 17.1 Å². The summed E-state index contributed by atoms with van der Waals surface area (Å²) >= 11 is 0. The van der Waals surface area contributed by atoms with Crippen LogP contribution in [-0.4, -0.2) is 54.5 Å². The highest BCUT2D eigenvalue weighted by Crippen LogP contribution is 2.38. The highest BCUT2D eigenvalue weighted by Gasteiger charge is 2.37. The maximum atomic E-state index is 12.9. The second-order valence-corrected chi connectivity index (χ2v) is 7.19. The second-order valence-electron chi connectivity index (χ2n) is 7.19. The topological polar surface area (TPSA) is 61.9 Å². The predicted molar refractivity (Wildman–Crippen MR) is 106 cm³/mol. The van der Waals surface area contributed by atoms with E-state index in [1.54, 1.807) is 30.3 Å². The van der Waals surface area contributed by atoms with Gasteiger partial charge in [-0.2, -0.15) is 26.3 Å². The molecule has 0 unspecified atom stereocenters. The van der Waals surface area contributed by atoms with Crippen LogP contribution in [0.25, 0.3) is 0 Å². The Kier molecular flexibility index (Phi) is 7.04. The zero-order valence-corrected chi connectivity index (χ0v) is 17.0. The van der Waals surface area contributed by atoms with Crippen molar-refractivity contribution in [3.05, 3.63) is 59.7 Å². The van der Waals surface area contributed by atoms with Gasteiger partial charge in [0.2, 0.25) is 0 Å². The molecule has 1 aliphatic rings. The van der Waals surface area contributed by atoms with E-state index in [9.17, 15) is 35.9 Å². The van der Waals surface area contributed by atoms with Crippen LogP contribution >= 0.6 is 0 Å². The molecule has 3 amide bonds. The number of alkyl halides is 6. The average Bonchev–Trinajstić information content (AvgIpc) is 2.77. The quantitative estimate of drug-likeness (QED) is 0.664. The molecule has 2 aromatic carbocycles. The van der Waals surface area contributed by atoms with Gasteiger partial charge in [-0.25, -0.2) is 4.79 Å². The Balaban J connectivity index is 1.56. The molecule has 2 aromatic rings. The van der Waals surface area contributed by atoms with Crippen molar-refractivity contribution >= 4 is 17.6 Å². The predicted octanol–water partition coefficient (Wildman–Crippen LogP) is 4.48. The molecule has 0 saturated carbocycles. The standard InChI is InChI=1S/C21H19F6N3O3/c22-20(23,24)14-10-15(21(25,26)27)12-17(11-14)33-13-18(31)29-6-8-30(9-7-29)19(32)28-16-4-2-1-3-5-16/h1-5,10-12H,6-9,13H2,(H,28,32). The summed E-state index contributed by atoms with van der Waals surface area (Å²) in [6, 6.07) is 9.19. The third-order valence-corrected chi connectivity index (χ3v) is 4.87. The van der Waals surface area contributed by atoms with E-state index in [4.69, 9.17) is 4.74 Å². The number of halogens is 6. The SMILES string of the molecule is O=C(COc1cc(C(F)(F)F)cc(C(F)(F)F)c1)N1CCN(C(=O)Nc2ccccc2)CC1. The lowest BCUT2D eigenvalue weighted by atomic mass is 10.1. The lowest BCUT2D eigenvalue weighted by Gasteiger charge is -2.34. The molecule has 12 heteroatoms. The Hall–Kier alpha value is -3.44. The lowest BCUT2D eigenvalue weighted by molar-refractivity contribution is -0.143. The Labute approximate surface area is 184 Å². The first-order valence-electron chi connectivity index (χ1n) is 9.74. The molecular formula is C21H19F6N3O3. The van der Waals surface area contributed by atoms with Crippen molar-refractivity contribution in [1.82, 2.24) is 9.80 Å². The fraction of sp³-hybridized carbons (Fsp3) is 0.333. The third-order valence-electron chi connectivity index (χ3n) is 4.87. The first-order chi connectivity index (χ1) is 15.4. The zero-order chi connectivity index (χ0) is 24.2. The molecule has 6 nitrogen and oxygen atoms in total. The molecule has 178 valence electrons. The summed E-state index contributed by atoms with van der Waals surface area (Å²) in [5.74, 6) is -1.34. The summed E-state index contributed by atoms with van der Waals surface area (Å²) in [6.07, 6.45) is -10.0. The van der Waals surface area contributed by atoms with Crippen molar-refractivity contribution in [3.8, 4) is 5.75 Å². The maximum absolute atomic E-state index is 12.9. The molecule has 0 aromatic heterocycles. The first-order valence-corrected chi connectivity index (χ1v) is 9.74. The number of ether oxygens (including phenoxy) is 1. The van der Waals surface area contributed by atoms with Gasteiger partial charge in [0.1, 0.15) is 5.75 Å². The molecule has 0 bridgehead atoms. The van der Waals surface area contributed by atoms with E-state index in [1.165, 1.54) is 9.80 Å². The van der Waals surface area contributed by atoms with Crippen LogP contribution in [0.5, 0.6) is 5.75 Å². The molecule has 1 saturated heterocycles. The number of carbonyl (C=O) groups excluding carboxylic acids is 2. The largest absolute Gasteiger partial charge is 0.484 e. The number of urea groups is 1. The maximum Gasteiger partial charge on any atom is 0.416 e. The van der Waals surface area contributed by atoms with Gasteiger partial charge >= 0.3 is 18.4 Å². The molecule has 1 N–H and O–H groups in total. The molecule has 0 atom stereocenters. The van der Waals surface area contributed by atoms with Crippen LogP contribution < -0.4 is 10.1 Å². The molecule has 1 heterocycles. The normalized spacial score (nSPS) is 14.7. The van der Waals surface area contributed by atoms with Crippen LogP contribution in [0.2, 0.25) is 0 Å². The van der Waals surface area contributed by atoms with Gasteiger partial charge in [0, 0.05) is 31.9 Å². The molecule has 0 aliphatic carbocycles. The van der Waals surface area contributed by atoms with E-state index < -0.39 is 41.7 Å². The van der Waals surface area contributed by atoms with E-state index in [0.29, 0.717) is 17.8 Å². The van der Waals surface area contributed by atoms with E-state index in [0.717, 1.165) is 0 Å². The second kappa shape index (κ2) is 9.59. The van der Waals surface area contributed by atoms with Crippen molar-refractivity contribution in [3.63, 3.8) is 0 Å². The summed E-state index contributed by atoms with van der Waals surface area (Å²) in [6.45, 7) is -0.0607. The van der Waals surface area contributed by atoms with Crippen LogP contribution in [0.1, 0.15) is 11.1 Å². The van der Waals surface area contributed by atoms with Gasteiger partial charge in [0.25, 0.3) is 5.91 Å². The van der Waals surface area contributed by atoms with Gasteiger partial charge in [0.15, 0.2) is 6.61 Å². The van der Waals surface area contributed by atoms with E-state index in [2.05, 4.69) is 5.32 Å². The Bertz CT molecular complexity index is 955. The van der Waals surface area contributed by atoms with E-state index in [-0.39, 0.29) is 38.3 Å². The van der Waals surface area contributed by atoms with Crippen molar-refractivity contribution in [2.24, 2.45) is 0 Å². The summed E-state index contributed by atoms with van der Waals surface area (Å²) in [7, 11) is 0. The third kappa shape index (κ3) is 6.53. The molecule has 3 rings (SSSR count). The number of hydrogen-bond donors (Lipinski definition) is 1. The minimum atomic E-state index is -5.01.